The molecule has 2 rings (SSSR count). The molecule has 0 atom stereocenters. The van der Waals surface area contributed by atoms with E-state index < -0.39 is 0 Å². The summed E-state index contributed by atoms with van der Waals surface area (Å²) in [6.45, 7) is 2.30. The highest BCUT2D eigenvalue weighted by Crippen LogP contribution is 2.29. The van der Waals surface area contributed by atoms with E-state index in [9.17, 15) is 0 Å². The lowest BCUT2D eigenvalue weighted by molar-refractivity contribution is 0.410. The summed E-state index contributed by atoms with van der Waals surface area (Å²) in [7, 11) is 0. The molecule has 1 aliphatic carbocycles. The second-order valence-electron chi connectivity index (χ2n) is 8.82. The van der Waals surface area contributed by atoms with Gasteiger partial charge < -0.3 is 5.32 Å². The van der Waals surface area contributed by atoms with Crippen molar-refractivity contribution in [1.29, 1.82) is 0 Å². The van der Waals surface area contributed by atoms with E-state index in [1.165, 1.54) is 127 Å². The van der Waals surface area contributed by atoms with Gasteiger partial charge in [-0.15, -0.1) is 0 Å². The van der Waals surface area contributed by atoms with Crippen molar-refractivity contribution >= 4 is 0 Å². The molecule has 1 aliphatic heterocycles. The lowest BCUT2D eigenvalue weighted by Crippen LogP contribution is -2.16. The van der Waals surface area contributed by atoms with Crippen molar-refractivity contribution in [3.8, 4) is 0 Å². The van der Waals surface area contributed by atoms with Crippen LogP contribution in [0.5, 0.6) is 0 Å². The van der Waals surface area contributed by atoms with Gasteiger partial charge in [0.25, 0.3) is 0 Å². The van der Waals surface area contributed by atoms with Crippen molar-refractivity contribution in [3.63, 3.8) is 0 Å². The third-order valence-corrected chi connectivity index (χ3v) is 6.36. The van der Waals surface area contributed by atoms with Gasteiger partial charge in [0.2, 0.25) is 0 Å². The van der Waals surface area contributed by atoms with E-state index in [1.54, 1.807) is 0 Å². The van der Waals surface area contributed by atoms with Crippen LogP contribution < -0.4 is 5.32 Å². The summed E-state index contributed by atoms with van der Waals surface area (Å²) in [6, 6.07) is 0. The van der Waals surface area contributed by atoms with Crippen LogP contribution in [0, 0.1) is 5.92 Å². The van der Waals surface area contributed by atoms with E-state index >= 15 is 0 Å². The van der Waals surface area contributed by atoms with Gasteiger partial charge in [-0.3, -0.25) is 0 Å². The van der Waals surface area contributed by atoms with Gasteiger partial charge in [0.05, 0.1) is 0 Å². The van der Waals surface area contributed by atoms with Crippen LogP contribution in [0.25, 0.3) is 0 Å². The summed E-state index contributed by atoms with van der Waals surface area (Å²) in [5.74, 6) is 0.754. The molecule has 0 saturated heterocycles. The third-order valence-electron chi connectivity index (χ3n) is 6.36. The number of hydrogen-bond donors (Lipinski definition) is 1. The predicted molar refractivity (Wildman–Crippen MR) is 121 cm³/mol. The molecule has 1 fully saturated rings. The van der Waals surface area contributed by atoms with Crippen molar-refractivity contribution in [3.05, 3.63) is 35.7 Å². The fourth-order valence-electron chi connectivity index (χ4n) is 4.58. The Balaban J connectivity index is 1.63. The van der Waals surface area contributed by atoms with Crippen molar-refractivity contribution in [2.75, 3.05) is 0 Å². The zero-order chi connectivity index (χ0) is 19.0. The van der Waals surface area contributed by atoms with Crippen LogP contribution in [0.15, 0.2) is 35.7 Å². The maximum Gasteiger partial charge on any atom is 0.0180 e. The molecule has 2 aliphatic rings. The molecule has 0 amide bonds. The summed E-state index contributed by atoms with van der Waals surface area (Å²) in [5, 5.41) is 3.60. The molecule has 0 aromatic heterocycles. The topological polar surface area (TPSA) is 12.0 Å². The molecule has 0 bridgehead atoms. The summed E-state index contributed by atoms with van der Waals surface area (Å²) in [6.07, 6.45) is 34.5. The zero-order valence-corrected chi connectivity index (χ0v) is 18.1. The molecular formula is C26H45N. The van der Waals surface area contributed by atoms with Gasteiger partial charge in [-0.05, 0) is 49.3 Å². The van der Waals surface area contributed by atoms with Crippen LogP contribution in [0.2, 0.25) is 0 Å². The summed E-state index contributed by atoms with van der Waals surface area (Å²) < 4.78 is 0. The fraction of sp³-hybridized carbons (Fsp3) is 0.769. The Kier molecular flexibility index (Phi) is 12.4. The second-order valence-corrected chi connectivity index (χ2v) is 8.82. The Morgan fingerprint density at radius 2 is 1.37 bits per heavy atom. The molecule has 1 N–H and O–H groups in total. The highest BCUT2D eigenvalue weighted by molar-refractivity contribution is 5.31. The Morgan fingerprint density at radius 3 is 2.04 bits per heavy atom. The van der Waals surface area contributed by atoms with Crippen LogP contribution >= 0.6 is 0 Å². The average Bonchev–Trinajstić information content (AvgIpc) is 2.89. The molecule has 0 unspecified atom stereocenters. The van der Waals surface area contributed by atoms with Crippen LogP contribution in [-0.4, -0.2) is 0 Å². The van der Waals surface area contributed by atoms with Crippen LogP contribution in [0.3, 0.4) is 0 Å². The molecule has 27 heavy (non-hydrogen) atoms. The van der Waals surface area contributed by atoms with Crippen LogP contribution in [0.1, 0.15) is 122 Å². The first-order valence-corrected chi connectivity index (χ1v) is 12.2. The number of rotatable bonds is 12. The molecule has 1 heteroatoms. The molecule has 0 spiro atoms. The minimum absolute atomic E-state index is 0.754. The molecule has 0 aromatic rings. The van der Waals surface area contributed by atoms with E-state index in [0.29, 0.717) is 0 Å². The predicted octanol–water partition coefficient (Wildman–Crippen LogP) is 8.59. The Hall–Kier alpha value is -0.980. The summed E-state index contributed by atoms with van der Waals surface area (Å²) in [4.78, 5) is 0. The second kappa shape index (κ2) is 15.0. The summed E-state index contributed by atoms with van der Waals surface area (Å²) >= 11 is 0. The number of unbranched alkanes of at least 4 members (excludes halogenated alkanes) is 9. The lowest BCUT2D eigenvalue weighted by Gasteiger charge is -2.23. The minimum Gasteiger partial charge on any atom is -0.365 e. The van der Waals surface area contributed by atoms with Crippen molar-refractivity contribution in [2.24, 2.45) is 5.92 Å². The molecule has 154 valence electrons. The Bertz CT molecular complexity index is 449. The molecular weight excluding hydrogens is 326 g/mol. The van der Waals surface area contributed by atoms with Gasteiger partial charge >= 0.3 is 0 Å². The molecule has 0 aromatic carbocycles. The number of nitrogens with one attached hydrogen (secondary N) is 1. The number of allylic oxidation sites excluding steroid dienone is 5. The maximum atomic E-state index is 3.60. The van der Waals surface area contributed by atoms with Gasteiger partial charge in [-0.2, -0.15) is 0 Å². The minimum atomic E-state index is 0.754. The average molecular weight is 372 g/mol. The monoisotopic (exact) mass is 371 g/mol. The van der Waals surface area contributed by atoms with Gasteiger partial charge in [-0.25, -0.2) is 0 Å². The van der Waals surface area contributed by atoms with Gasteiger partial charge in [0.15, 0.2) is 0 Å². The van der Waals surface area contributed by atoms with E-state index in [4.69, 9.17) is 0 Å². The highest BCUT2D eigenvalue weighted by atomic mass is 14.9. The lowest BCUT2D eigenvalue weighted by atomic mass is 9.88. The fourth-order valence-corrected chi connectivity index (χ4v) is 4.58. The molecule has 1 heterocycles. The number of hydrogen-bond acceptors (Lipinski definition) is 1. The van der Waals surface area contributed by atoms with Crippen LogP contribution in [0.4, 0.5) is 0 Å². The summed E-state index contributed by atoms with van der Waals surface area (Å²) in [5.41, 5.74) is 3.02. The third kappa shape index (κ3) is 10.2. The molecule has 1 nitrogen and oxygen atoms in total. The van der Waals surface area contributed by atoms with E-state index in [2.05, 4.69) is 36.7 Å². The quantitative estimate of drug-likeness (QED) is 0.339. The van der Waals surface area contributed by atoms with Gasteiger partial charge in [0.1, 0.15) is 0 Å². The largest absolute Gasteiger partial charge is 0.365 e. The normalized spacial score (nSPS) is 18.9. The van der Waals surface area contributed by atoms with Crippen molar-refractivity contribution in [2.45, 2.75) is 122 Å². The smallest absolute Gasteiger partial charge is 0.0180 e. The Labute approximate surface area is 169 Å². The zero-order valence-electron chi connectivity index (χ0n) is 18.1. The SMILES string of the molecule is CCCCCCCCCCCCC1=CC=CNC(C2CCCCCCC2)=C1. The van der Waals surface area contributed by atoms with E-state index in [1.807, 2.05) is 0 Å². The maximum absolute atomic E-state index is 3.60. The van der Waals surface area contributed by atoms with Crippen LogP contribution in [-0.2, 0) is 0 Å². The first-order valence-electron chi connectivity index (χ1n) is 12.2. The van der Waals surface area contributed by atoms with E-state index in [0.717, 1.165) is 5.92 Å². The van der Waals surface area contributed by atoms with Crippen molar-refractivity contribution < 1.29 is 0 Å². The standard InChI is InChI=1S/C26H45N/c1-2-3-4-5-6-7-8-9-11-14-18-24-19-17-22-27-26(23-24)25-20-15-12-10-13-16-21-25/h17,19,22-23,25,27H,2-16,18,20-21H2,1H3. The Morgan fingerprint density at radius 1 is 0.778 bits per heavy atom. The van der Waals surface area contributed by atoms with Gasteiger partial charge in [0, 0.05) is 11.9 Å². The van der Waals surface area contributed by atoms with Gasteiger partial charge in [-0.1, -0.05) is 103 Å². The first kappa shape index (κ1) is 22.3. The van der Waals surface area contributed by atoms with Crippen molar-refractivity contribution in [1.82, 2.24) is 5.32 Å². The van der Waals surface area contributed by atoms with E-state index in [-0.39, 0.29) is 0 Å². The molecule has 1 saturated carbocycles. The highest BCUT2D eigenvalue weighted by Gasteiger charge is 2.16. The first-order chi connectivity index (χ1) is 13.4. The molecule has 0 radical (unpaired) electrons.